The van der Waals surface area contributed by atoms with Crippen molar-refractivity contribution in [2.75, 3.05) is 13.7 Å². The summed E-state index contributed by atoms with van der Waals surface area (Å²) in [5.74, 6) is 0.727. The minimum Gasteiger partial charge on any atom is -0.497 e. The molecule has 0 spiro atoms. The molecule has 2 aromatic rings. The van der Waals surface area contributed by atoms with Crippen LogP contribution < -0.4 is 15.2 Å². The molecule has 0 aliphatic carbocycles. The molecule has 0 atom stereocenters. The highest BCUT2D eigenvalue weighted by Crippen LogP contribution is 2.12. The van der Waals surface area contributed by atoms with Crippen LogP contribution in [0, 0.1) is 0 Å². The van der Waals surface area contributed by atoms with Crippen molar-refractivity contribution in [2.45, 2.75) is 18.0 Å². The SMILES string of the molecule is COc1ccc(CNS(=O)(=O)c2cnn(CCN)c2)cc1. The number of ether oxygens (including phenoxy) is 1. The molecular formula is C13H18N4O3S. The third-order valence-corrected chi connectivity index (χ3v) is 4.26. The van der Waals surface area contributed by atoms with Crippen LogP contribution in [0.15, 0.2) is 41.6 Å². The highest BCUT2D eigenvalue weighted by molar-refractivity contribution is 7.89. The van der Waals surface area contributed by atoms with Gasteiger partial charge in [-0.05, 0) is 17.7 Å². The lowest BCUT2D eigenvalue weighted by atomic mass is 10.2. The molecule has 0 fully saturated rings. The van der Waals surface area contributed by atoms with Gasteiger partial charge in [0.2, 0.25) is 10.0 Å². The summed E-state index contributed by atoms with van der Waals surface area (Å²) in [7, 11) is -2.00. The van der Waals surface area contributed by atoms with Crippen molar-refractivity contribution in [2.24, 2.45) is 5.73 Å². The van der Waals surface area contributed by atoms with E-state index in [0.29, 0.717) is 13.1 Å². The smallest absolute Gasteiger partial charge is 0.243 e. The van der Waals surface area contributed by atoms with Gasteiger partial charge in [-0.25, -0.2) is 13.1 Å². The van der Waals surface area contributed by atoms with Crippen LogP contribution in [0.5, 0.6) is 5.75 Å². The summed E-state index contributed by atoms with van der Waals surface area (Å²) in [5.41, 5.74) is 6.24. The van der Waals surface area contributed by atoms with Crippen molar-refractivity contribution in [3.8, 4) is 5.75 Å². The number of nitrogens with two attached hydrogens (primary N) is 1. The Labute approximate surface area is 123 Å². The van der Waals surface area contributed by atoms with Gasteiger partial charge in [0.1, 0.15) is 10.6 Å². The van der Waals surface area contributed by atoms with Gasteiger partial charge in [0.25, 0.3) is 0 Å². The first-order valence-electron chi connectivity index (χ1n) is 6.40. The van der Waals surface area contributed by atoms with E-state index in [2.05, 4.69) is 9.82 Å². The molecule has 2 rings (SSSR count). The van der Waals surface area contributed by atoms with Crippen LogP contribution in [-0.2, 0) is 23.1 Å². The van der Waals surface area contributed by atoms with E-state index in [4.69, 9.17) is 10.5 Å². The highest BCUT2D eigenvalue weighted by atomic mass is 32.2. The Morgan fingerprint density at radius 1 is 1.33 bits per heavy atom. The fourth-order valence-corrected chi connectivity index (χ4v) is 2.71. The van der Waals surface area contributed by atoms with Crippen LogP contribution in [0.2, 0.25) is 0 Å². The summed E-state index contributed by atoms with van der Waals surface area (Å²) >= 11 is 0. The van der Waals surface area contributed by atoms with E-state index < -0.39 is 10.0 Å². The summed E-state index contributed by atoms with van der Waals surface area (Å²) in [6, 6.07) is 7.17. The molecular weight excluding hydrogens is 292 g/mol. The summed E-state index contributed by atoms with van der Waals surface area (Å²) in [4.78, 5) is 0.129. The molecule has 0 radical (unpaired) electrons. The summed E-state index contributed by atoms with van der Waals surface area (Å²) in [5, 5.41) is 3.95. The number of aromatic nitrogens is 2. The lowest BCUT2D eigenvalue weighted by molar-refractivity contribution is 0.414. The Morgan fingerprint density at radius 3 is 2.67 bits per heavy atom. The maximum absolute atomic E-state index is 12.1. The molecule has 7 nitrogen and oxygen atoms in total. The summed E-state index contributed by atoms with van der Waals surface area (Å²) in [6.45, 7) is 1.09. The van der Waals surface area contributed by atoms with E-state index in [1.165, 1.54) is 17.1 Å². The molecule has 1 aromatic carbocycles. The lowest BCUT2D eigenvalue weighted by Crippen LogP contribution is -2.23. The van der Waals surface area contributed by atoms with Crippen molar-refractivity contribution in [3.05, 3.63) is 42.2 Å². The fraction of sp³-hybridized carbons (Fsp3) is 0.308. The number of hydrogen-bond donors (Lipinski definition) is 2. The van der Waals surface area contributed by atoms with E-state index in [9.17, 15) is 8.42 Å². The van der Waals surface area contributed by atoms with Crippen molar-refractivity contribution in [1.82, 2.24) is 14.5 Å². The second-order valence-electron chi connectivity index (χ2n) is 4.40. The number of nitrogens with one attached hydrogen (secondary N) is 1. The molecule has 0 aliphatic heterocycles. The zero-order chi connectivity index (χ0) is 15.3. The van der Waals surface area contributed by atoms with Gasteiger partial charge in [-0.3, -0.25) is 4.68 Å². The van der Waals surface area contributed by atoms with Gasteiger partial charge in [0, 0.05) is 19.3 Å². The standard InChI is InChI=1S/C13H18N4O3S/c1-20-12-4-2-11(3-5-12)8-16-21(18,19)13-9-15-17(10-13)7-6-14/h2-5,9-10,16H,6-8,14H2,1H3. The Morgan fingerprint density at radius 2 is 2.05 bits per heavy atom. The van der Waals surface area contributed by atoms with E-state index in [1.807, 2.05) is 0 Å². The Balaban J connectivity index is 2.02. The van der Waals surface area contributed by atoms with Gasteiger partial charge < -0.3 is 10.5 Å². The van der Waals surface area contributed by atoms with Gasteiger partial charge in [-0.2, -0.15) is 5.10 Å². The maximum atomic E-state index is 12.1. The molecule has 0 aliphatic rings. The molecule has 3 N–H and O–H groups in total. The average Bonchev–Trinajstić information content (AvgIpc) is 2.96. The molecule has 114 valence electrons. The molecule has 0 saturated heterocycles. The predicted molar refractivity (Wildman–Crippen MR) is 78.3 cm³/mol. The van der Waals surface area contributed by atoms with Crippen molar-refractivity contribution >= 4 is 10.0 Å². The molecule has 0 unspecified atom stereocenters. The minimum atomic E-state index is -3.58. The first kappa shape index (κ1) is 15.5. The van der Waals surface area contributed by atoms with E-state index >= 15 is 0 Å². The van der Waals surface area contributed by atoms with Gasteiger partial charge >= 0.3 is 0 Å². The quantitative estimate of drug-likeness (QED) is 0.768. The van der Waals surface area contributed by atoms with Crippen LogP contribution in [0.25, 0.3) is 0 Å². The monoisotopic (exact) mass is 310 g/mol. The fourth-order valence-electron chi connectivity index (χ4n) is 1.74. The Kier molecular flexibility index (Phi) is 4.94. The number of nitrogens with zero attached hydrogens (tertiary/aromatic N) is 2. The maximum Gasteiger partial charge on any atom is 0.243 e. The second-order valence-corrected chi connectivity index (χ2v) is 6.17. The molecule has 21 heavy (non-hydrogen) atoms. The first-order chi connectivity index (χ1) is 10.0. The third-order valence-electron chi connectivity index (χ3n) is 2.90. The Hall–Kier alpha value is -1.90. The lowest BCUT2D eigenvalue weighted by Gasteiger charge is -2.06. The zero-order valence-electron chi connectivity index (χ0n) is 11.7. The van der Waals surface area contributed by atoms with Crippen LogP contribution >= 0.6 is 0 Å². The molecule has 0 saturated carbocycles. The Bertz CT molecular complexity index is 680. The third kappa shape index (κ3) is 4.03. The number of hydrogen-bond acceptors (Lipinski definition) is 5. The predicted octanol–water partition coefficient (Wildman–Crippen LogP) is 0.329. The first-order valence-corrected chi connectivity index (χ1v) is 7.88. The van der Waals surface area contributed by atoms with Gasteiger partial charge in [0.15, 0.2) is 0 Å². The van der Waals surface area contributed by atoms with Crippen LogP contribution in [-0.4, -0.2) is 31.9 Å². The molecule has 8 heteroatoms. The molecule has 0 bridgehead atoms. The summed E-state index contributed by atoms with van der Waals surface area (Å²) < 4.78 is 33.3. The summed E-state index contributed by atoms with van der Waals surface area (Å²) in [6.07, 6.45) is 2.77. The molecule has 0 amide bonds. The van der Waals surface area contributed by atoms with Gasteiger partial charge in [-0.1, -0.05) is 12.1 Å². The number of methoxy groups -OCH3 is 1. The van der Waals surface area contributed by atoms with Crippen LogP contribution in [0.4, 0.5) is 0 Å². The molecule has 1 heterocycles. The number of sulfonamides is 1. The second kappa shape index (κ2) is 6.70. The normalized spacial score (nSPS) is 11.5. The molecule has 1 aromatic heterocycles. The van der Waals surface area contributed by atoms with Crippen LogP contribution in [0.1, 0.15) is 5.56 Å². The topological polar surface area (TPSA) is 99.2 Å². The van der Waals surface area contributed by atoms with Crippen molar-refractivity contribution in [1.29, 1.82) is 0 Å². The van der Waals surface area contributed by atoms with Gasteiger partial charge in [0.05, 0.1) is 19.9 Å². The minimum absolute atomic E-state index is 0.129. The van der Waals surface area contributed by atoms with Crippen molar-refractivity contribution < 1.29 is 13.2 Å². The number of rotatable bonds is 7. The van der Waals surface area contributed by atoms with E-state index in [1.54, 1.807) is 31.4 Å². The average molecular weight is 310 g/mol. The van der Waals surface area contributed by atoms with E-state index in [0.717, 1.165) is 11.3 Å². The van der Waals surface area contributed by atoms with E-state index in [-0.39, 0.29) is 11.4 Å². The van der Waals surface area contributed by atoms with Crippen molar-refractivity contribution in [3.63, 3.8) is 0 Å². The van der Waals surface area contributed by atoms with Gasteiger partial charge in [-0.15, -0.1) is 0 Å². The highest BCUT2D eigenvalue weighted by Gasteiger charge is 2.16. The largest absolute Gasteiger partial charge is 0.497 e. The zero-order valence-corrected chi connectivity index (χ0v) is 12.5. The van der Waals surface area contributed by atoms with Crippen LogP contribution in [0.3, 0.4) is 0 Å². The number of benzene rings is 1.